The molecule has 5 heteroatoms. The van der Waals surface area contributed by atoms with Gasteiger partial charge in [-0.2, -0.15) is 5.10 Å². The molecule has 0 saturated carbocycles. The fraction of sp³-hybridized carbons (Fsp3) is 0.714. The minimum absolute atomic E-state index is 0.107. The largest absolute Gasteiger partial charge is 0.378 e. The van der Waals surface area contributed by atoms with Crippen LogP contribution in [0.1, 0.15) is 43.4 Å². The summed E-state index contributed by atoms with van der Waals surface area (Å²) in [5.74, 6) is 0.107. The third-order valence-corrected chi connectivity index (χ3v) is 3.57. The van der Waals surface area contributed by atoms with E-state index in [-0.39, 0.29) is 12.0 Å². The van der Waals surface area contributed by atoms with Crippen LogP contribution in [0.3, 0.4) is 0 Å². The average molecular weight is 265 g/mol. The van der Waals surface area contributed by atoms with Gasteiger partial charge in [0, 0.05) is 18.8 Å². The summed E-state index contributed by atoms with van der Waals surface area (Å²) >= 11 is 0. The second-order valence-corrected chi connectivity index (χ2v) is 5.17. The number of ether oxygens (including phenoxy) is 1. The first kappa shape index (κ1) is 14.1. The van der Waals surface area contributed by atoms with Crippen molar-refractivity contribution in [2.24, 2.45) is 0 Å². The van der Waals surface area contributed by atoms with Crippen LogP contribution in [-0.4, -0.2) is 35.4 Å². The van der Waals surface area contributed by atoms with E-state index in [1.165, 1.54) is 12.0 Å². The van der Waals surface area contributed by atoms with E-state index in [0.717, 1.165) is 44.5 Å². The van der Waals surface area contributed by atoms with Crippen molar-refractivity contribution in [2.45, 2.75) is 51.6 Å². The van der Waals surface area contributed by atoms with Crippen molar-refractivity contribution in [2.75, 3.05) is 13.2 Å². The van der Waals surface area contributed by atoms with Crippen LogP contribution >= 0.6 is 0 Å². The van der Waals surface area contributed by atoms with Gasteiger partial charge in [0.2, 0.25) is 5.91 Å². The molecule has 2 N–H and O–H groups in total. The molecule has 1 unspecified atom stereocenters. The maximum atomic E-state index is 11.7. The highest BCUT2D eigenvalue weighted by atomic mass is 16.5. The Bertz CT molecular complexity index is 397. The van der Waals surface area contributed by atoms with E-state index < -0.39 is 0 Å². The Morgan fingerprint density at radius 3 is 3.16 bits per heavy atom. The van der Waals surface area contributed by atoms with Crippen LogP contribution in [0.4, 0.5) is 0 Å². The minimum Gasteiger partial charge on any atom is -0.378 e. The molecule has 1 aliphatic rings. The van der Waals surface area contributed by atoms with Crippen LogP contribution in [0, 0.1) is 6.92 Å². The number of carbonyl (C=O) groups excluding carboxylic acids is 1. The van der Waals surface area contributed by atoms with Gasteiger partial charge in [-0.1, -0.05) is 0 Å². The zero-order chi connectivity index (χ0) is 13.5. The summed E-state index contributed by atoms with van der Waals surface area (Å²) in [6.07, 6.45) is 7.70. The summed E-state index contributed by atoms with van der Waals surface area (Å²) in [4.78, 5) is 11.7. The van der Waals surface area contributed by atoms with Gasteiger partial charge in [-0.05, 0) is 44.6 Å². The second-order valence-electron chi connectivity index (χ2n) is 5.17. The van der Waals surface area contributed by atoms with E-state index in [4.69, 9.17) is 4.74 Å². The number of hydrogen-bond donors (Lipinski definition) is 2. The Morgan fingerprint density at radius 1 is 1.58 bits per heavy atom. The fourth-order valence-electron chi connectivity index (χ4n) is 2.38. The molecule has 5 nitrogen and oxygen atoms in total. The van der Waals surface area contributed by atoms with Crippen molar-refractivity contribution in [3.05, 3.63) is 17.5 Å². The summed E-state index contributed by atoms with van der Waals surface area (Å²) in [5, 5.41) is 9.86. The molecular formula is C14H23N3O2. The van der Waals surface area contributed by atoms with Crippen LogP contribution < -0.4 is 5.32 Å². The summed E-state index contributed by atoms with van der Waals surface area (Å²) in [6.45, 7) is 3.54. The molecule has 0 aromatic carbocycles. The molecule has 106 valence electrons. The third kappa shape index (κ3) is 4.67. The average Bonchev–Trinajstić information content (AvgIpc) is 2.81. The highest BCUT2D eigenvalue weighted by Gasteiger charge is 2.17. The van der Waals surface area contributed by atoms with Gasteiger partial charge < -0.3 is 10.1 Å². The summed E-state index contributed by atoms with van der Waals surface area (Å²) < 4.78 is 5.56. The lowest BCUT2D eigenvalue weighted by Gasteiger charge is -2.21. The molecule has 1 aromatic heterocycles. The predicted molar refractivity (Wildman–Crippen MR) is 72.9 cm³/mol. The lowest BCUT2D eigenvalue weighted by molar-refractivity contribution is -0.124. The van der Waals surface area contributed by atoms with Crippen molar-refractivity contribution >= 4 is 5.91 Å². The minimum atomic E-state index is 0.107. The predicted octanol–water partition coefficient (Wildman–Crippen LogP) is 1.73. The van der Waals surface area contributed by atoms with E-state index in [0.29, 0.717) is 6.42 Å². The summed E-state index contributed by atoms with van der Waals surface area (Å²) in [5.41, 5.74) is 2.34. The maximum absolute atomic E-state index is 11.7. The second kappa shape index (κ2) is 7.28. The summed E-state index contributed by atoms with van der Waals surface area (Å²) in [6, 6.07) is 0. The number of nitrogens with zero attached hydrogens (tertiary/aromatic N) is 1. The van der Waals surface area contributed by atoms with Gasteiger partial charge in [-0.15, -0.1) is 0 Å². The molecule has 1 atom stereocenters. The van der Waals surface area contributed by atoms with Gasteiger partial charge in [-0.3, -0.25) is 9.89 Å². The van der Waals surface area contributed by atoms with E-state index in [9.17, 15) is 4.79 Å². The topological polar surface area (TPSA) is 67.0 Å². The Hall–Kier alpha value is -1.36. The van der Waals surface area contributed by atoms with Crippen molar-refractivity contribution < 1.29 is 9.53 Å². The molecule has 19 heavy (non-hydrogen) atoms. The number of aromatic amines is 1. The van der Waals surface area contributed by atoms with Crippen molar-refractivity contribution in [3.8, 4) is 0 Å². The SMILES string of the molecule is Cc1[nH]ncc1CCCNC(=O)CC1CCCCO1. The van der Waals surface area contributed by atoms with Crippen LogP contribution in [0.2, 0.25) is 0 Å². The lowest BCUT2D eigenvalue weighted by atomic mass is 10.1. The first-order valence-corrected chi connectivity index (χ1v) is 7.13. The van der Waals surface area contributed by atoms with Crippen molar-refractivity contribution in [1.29, 1.82) is 0 Å². The number of amides is 1. The quantitative estimate of drug-likeness (QED) is 0.770. The number of aromatic nitrogens is 2. The van der Waals surface area contributed by atoms with E-state index in [1.54, 1.807) is 0 Å². The molecule has 2 heterocycles. The van der Waals surface area contributed by atoms with Gasteiger partial charge in [0.25, 0.3) is 0 Å². The van der Waals surface area contributed by atoms with Crippen molar-refractivity contribution in [1.82, 2.24) is 15.5 Å². The first-order chi connectivity index (χ1) is 9.25. The van der Waals surface area contributed by atoms with Gasteiger partial charge in [0.15, 0.2) is 0 Å². The number of hydrogen-bond acceptors (Lipinski definition) is 3. The normalized spacial score (nSPS) is 19.3. The van der Waals surface area contributed by atoms with E-state index in [1.807, 2.05) is 13.1 Å². The number of aryl methyl sites for hydroxylation is 2. The maximum Gasteiger partial charge on any atom is 0.222 e. The smallest absolute Gasteiger partial charge is 0.222 e. The van der Waals surface area contributed by atoms with Crippen LogP contribution in [0.25, 0.3) is 0 Å². The van der Waals surface area contributed by atoms with Gasteiger partial charge in [-0.25, -0.2) is 0 Å². The third-order valence-electron chi connectivity index (χ3n) is 3.57. The standard InChI is InChI=1S/C14H23N3O2/c1-11-12(10-16-17-11)5-4-7-15-14(18)9-13-6-2-3-8-19-13/h10,13H,2-9H2,1H3,(H,15,18)(H,16,17). The molecule has 2 rings (SSSR count). The monoisotopic (exact) mass is 265 g/mol. The van der Waals surface area contributed by atoms with Gasteiger partial charge >= 0.3 is 0 Å². The van der Waals surface area contributed by atoms with Crippen LogP contribution in [0.5, 0.6) is 0 Å². The molecule has 1 aromatic rings. The molecular weight excluding hydrogens is 242 g/mol. The zero-order valence-electron chi connectivity index (χ0n) is 11.6. The van der Waals surface area contributed by atoms with Gasteiger partial charge in [0.05, 0.1) is 18.7 Å². The molecule has 1 saturated heterocycles. The Labute approximate surface area is 114 Å². The lowest BCUT2D eigenvalue weighted by Crippen LogP contribution is -2.31. The number of carbonyl (C=O) groups is 1. The molecule has 1 amide bonds. The fourth-order valence-corrected chi connectivity index (χ4v) is 2.38. The number of nitrogens with one attached hydrogen (secondary N) is 2. The molecule has 0 radical (unpaired) electrons. The van der Waals surface area contributed by atoms with E-state index in [2.05, 4.69) is 15.5 Å². The molecule has 1 aliphatic heterocycles. The van der Waals surface area contributed by atoms with Crippen molar-refractivity contribution in [3.63, 3.8) is 0 Å². The molecule has 0 aliphatic carbocycles. The molecule has 0 bridgehead atoms. The molecule has 0 spiro atoms. The van der Waals surface area contributed by atoms with Crippen LogP contribution in [-0.2, 0) is 16.0 Å². The van der Waals surface area contributed by atoms with E-state index >= 15 is 0 Å². The number of rotatable bonds is 6. The first-order valence-electron chi connectivity index (χ1n) is 7.13. The highest BCUT2D eigenvalue weighted by Crippen LogP contribution is 2.15. The van der Waals surface area contributed by atoms with Gasteiger partial charge in [0.1, 0.15) is 0 Å². The Morgan fingerprint density at radius 2 is 2.47 bits per heavy atom. The Balaban J connectivity index is 1.57. The van der Waals surface area contributed by atoms with Crippen LogP contribution in [0.15, 0.2) is 6.20 Å². The Kier molecular flexibility index (Phi) is 5.39. The molecule has 1 fully saturated rings. The number of H-pyrrole nitrogens is 1. The highest BCUT2D eigenvalue weighted by molar-refractivity contribution is 5.76. The summed E-state index contributed by atoms with van der Waals surface area (Å²) in [7, 11) is 0. The zero-order valence-corrected chi connectivity index (χ0v) is 11.6.